The number of ether oxygens (including phenoxy) is 1. The van der Waals surface area contributed by atoms with Crippen molar-refractivity contribution in [3.05, 3.63) is 0 Å². The summed E-state index contributed by atoms with van der Waals surface area (Å²) in [6, 6.07) is 0. The lowest BCUT2D eigenvalue weighted by Gasteiger charge is -2.44. The Labute approximate surface area is 122 Å². The minimum absolute atomic E-state index is 0.00376. The van der Waals surface area contributed by atoms with E-state index in [0.717, 1.165) is 64.9 Å². The molecule has 4 nitrogen and oxygen atoms in total. The van der Waals surface area contributed by atoms with Gasteiger partial charge < -0.3 is 15.0 Å². The van der Waals surface area contributed by atoms with Gasteiger partial charge in [0, 0.05) is 31.6 Å². The molecule has 114 valence electrons. The van der Waals surface area contributed by atoms with Crippen LogP contribution in [0.25, 0.3) is 0 Å². The predicted octanol–water partition coefficient (Wildman–Crippen LogP) is 1.79. The first kappa shape index (κ1) is 14.3. The van der Waals surface area contributed by atoms with Crippen molar-refractivity contribution in [3.63, 3.8) is 0 Å². The highest BCUT2D eigenvalue weighted by molar-refractivity contribution is 5.85. The molecule has 0 unspecified atom stereocenters. The van der Waals surface area contributed by atoms with Gasteiger partial charge in [0.15, 0.2) is 0 Å². The van der Waals surface area contributed by atoms with E-state index in [2.05, 4.69) is 24.1 Å². The number of nitrogens with zero attached hydrogens (tertiary/aromatic N) is 1. The second-order valence-electron chi connectivity index (χ2n) is 7.38. The molecule has 2 saturated heterocycles. The molecule has 3 rings (SSSR count). The topological polar surface area (TPSA) is 41.6 Å². The zero-order chi connectivity index (χ0) is 14.2. The van der Waals surface area contributed by atoms with E-state index in [1.165, 1.54) is 0 Å². The van der Waals surface area contributed by atoms with Crippen molar-refractivity contribution in [2.24, 2.45) is 11.3 Å². The number of nitrogens with one attached hydrogen (secondary N) is 1. The highest BCUT2D eigenvalue weighted by atomic mass is 16.5. The fourth-order valence-corrected chi connectivity index (χ4v) is 3.92. The third-order valence-electron chi connectivity index (χ3n) is 5.20. The predicted molar refractivity (Wildman–Crippen MR) is 78.5 cm³/mol. The molecule has 1 amide bonds. The number of piperidine rings is 1. The monoisotopic (exact) mass is 280 g/mol. The van der Waals surface area contributed by atoms with Crippen LogP contribution in [-0.4, -0.2) is 49.2 Å². The van der Waals surface area contributed by atoms with Gasteiger partial charge in [-0.25, -0.2) is 0 Å². The van der Waals surface area contributed by atoms with Crippen molar-refractivity contribution >= 4 is 5.91 Å². The van der Waals surface area contributed by atoms with Crippen LogP contribution in [0.15, 0.2) is 0 Å². The van der Waals surface area contributed by atoms with E-state index in [4.69, 9.17) is 4.74 Å². The van der Waals surface area contributed by atoms with Crippen LogP contribution in [0.1, 0.15) is 46.0 Å². The van der Waals surface area contributed by atoms with E-state index in [1.54, 1.807) is 0 Å². The van der Waals surface area contributed by atoms with Crippen LogP contribution in [0.2, 0.25) is 0 Å². The van der Waals surface area contributed by atoms with Crippen molar-refractivity contribution in [2.45, 2.75) is 51.6 Å². The number of likely N-dealkylation sites (tertiary alicyclic amines) is 1. The van der Waals surface area contributed by atoms with Crippen LogP contribution in [0.5, 0.6) is 0 Å². The first-order chi connectivity index (χ1) is 9.55. The van der Waals surface area contributed by atoms with Crippen molar-refractivity contribution in [3.8, 4) is 0 Å². The van der Waals surface area contributed by atoms with Crippen molar-refractivity contribution < 1.29 is 9.53 Å². The van der Waals surface area contributed by atoms with E-state index in [1.807, 2.05) is 0 Å². The molecule has 4 heteroatoms. The van der Waals surface area contributed by atoms with Crippen LogP contribution in [0, 0.1) is 11.3 Å². The second-order valence-corrected chi connectivity index (χ2v) is 7.38. The average molecular weight is 280 g/mol. The maximum Gasteiger partial charge on any atom is 0.228 e. The normalized spacial score (nSPS) is 27.9. The fraction of sp³-hybridized carbons (Fsp3) is 0.938. The Hall–Kier alpha value is -0.610. The number of hydrogen-bond donors (Lipinski definition) is 1. The Morgan fingerprint density at radius 1 is 1.25 bits per heavy atom. The zero-order valence-electron chi connectivity index (χ0n) is 12.9. The molecule has 1 aliphatic carbocycles. The maximum absolute atomic E-state index is 12.8. The molecule has 3 aliphatic rings. The van der Waals surface area contributed by atoms with Gasteiger partial charge in [-0.2, -0.15) is 0 Å². The summed E-state index contributed by atoms with van der Waals surface area (Å²) in [7, 11) is 0. The summed E-state index contributed by atoms with van der Waals surface area (Å²) in [4.78, 5) is 14.9. The van der Waals surface area contributed by atoms with Gasteiger partial charge in [0.05, 0.1) is 12.2 Å². The molecule has 0 radical (unpaired) electrons. The molecule has 1 spiro atoms. The van der Waals surface area contributed by atoms with E-state index in [-0.39, 0.29) is 11.0 Å². The van der Waals surface area contributed by atoms with Crippen LogP contribution in [0.4, 0.5) is 0 Å². The van der Waals surface area contributed by atoms with Gasteiger partial charge in [0.2, 0.25) is 5.91 Å². The van der Waals surface area contributed by atoms with E-state index in [9.17, 15) is 4.79 Å². The average Bonchev–Trinajstić information content (AvgIpc) is 3.20. The number of rotatable bonds is 3. The molecule has 0 aromatic heterocycles. The van der Waals surface area contributed by atoms with Crippen molar-refractivity contribution in [2.75, 3.05) is 32.8 Å². The van der Waals surface area contributed by atoms with Gasteiger partial charge in [-0.15, -0.1) is 0 Å². The minimum Gasteiger partial charge on any atom is -0.372 e. The highest BCUT2D eigenvalue weighted by Gasteiger charge is 2.52. The summed E-state index contributed by atoms with van der Waals surface area (Å²) in [5.41, 5.74) is 0.00807. The molecule has 1 saturated carbocycles. The number of amides is 1. The number of hydrogen-bond acceptors (Lipinski definition) is 3. The van der Waals surface area contributed by atoms with Gasteiger partial charge in [-0.1, -0.05) is 13.8 Å². The Balaban J connectivity index is 1.56. The fourth-order valence-electron chi connectivity index (χ4n) is 3.92. The van der Waals surface area contributed by atoms with Gasteiger partial charge in [-0.3, -0.25) is 4.79 Å². The molecular formula is C16H28N2O2. The highest BCUT2D eigenvalue weighted by Crippen LogP contribution is 2.52. The van der Waals surface area contributed by atoms with Gasteiger partial charge >= 0.3 is 0 Å². The molecule has 0 atom stereocenters. The Bertz CT molecular complexity index is 361. The Kier molecular flexibility index (Phi) is 3.80. The largest absolute Gasteiger partial charge is 0.372 e. The third-order valence-corrected chi connectivity index (χ3v) is 5.20. The standard InChI is InChI=1S/C16H28N2O2/c1-13(2)11-15(3-4-15)14(19)18-8-5-16(6-9-18)12-17-7-10-20-16/h13,17H,3-12H2,1-2H3. The SMILES string of the molecule is CC(C)CC1(C(=O)N2CCC3(CC2)CNCCO3)CC1. The van der Waals surface area contributed by atoms with Gasteiger partial charge in [-0.05, 0) is 38.0 Å². The lowest BCUT2D eigenvalue weighted by atomic mass is 9.87. The molecule has 0 bridgehead atoms. The lowest BCUT2D eigenvalue weighted by Crippen LogP contribution is -2.57. The molecule has 2 aliphatic heterocycles. The van der Waals surface area contributed by atoms with E-state index < -0.39 is 0 Å². The smallest absolute Gasteiger partial charge is 0.228 e. The molecule has 1 N–H and O–H groups in total. The number of morpholine rings is 1. The third kappa shape index (κ3) is 2.73. The second kappa shape index (κ2) is 5.30. The quantitative estimate of drug-likeness (QED) is 0.857. The van der Waals surface area contributed by atoms with E-state index >= 15 is 0 Å². The van der Waals surface area contributed by atoms with Crippen molar-refractivity contribution in [1.29, 1.82) is 0 Å². The summed E-state index contributed by atoms with van der Waals surface area (Å²) in [5, 5.41) is 3.43. The Morgan fingerprint density at radius 3 is 2.45 bits per heavy atom. The number of carbonyl (C=O) groups excluding carboxylic acids is 1. The molecule has 3 fully saturated rings. The van der Waals surface area contributed by atoms with Crippen LogP contribution < -0.4 is 5.32 Å². The first-order valence-electron chi connectivity index (χ1n) is 8.19. The summed E-state index contributed by atoms with van der Waals surface area (Å²) in [6.45, 7) is 8.92. The van der Waals surface area contributed by atoms with Crippen molar-refractivity contribution in [1.82, 2.24) is 10.2 Å². The summed E-state index contributed by atoms with van der Waals surface area (Å²) in [5.74, 6) is 1.04. The van der Waals surface area contributed by atoms with Gasteiger partial charge in [0.1, 0.15) is 0 Å². The zero-order valence-corrected chi connectivity index (χ0v) is 12.9. The lowest BCUT2D eigenvalue weighted by molar-refractivity contribution is -0.146. The number of carbonyl (C=O) groups is 1. The summed E-state index contributed by atoms with van der Waals surface area (Å²) >= 11 is 0. The van der Waals surface area contributed by atoms with Crippen LogP contribution in [-0.2, 0) is 9.53 Å². The minimum atomic E-state index is 0.00376. The summed E-state index contributed by atoms with van der Waals surface area (Å²) in [6.07, 6.45) is 5.24. The molecule has 0 aromatic carbocycles. The van der Waals surface area contributed by atoms with Crippen LogP contribution >= 0.6 is 0 Å². The maximum atomic E-state index is 12.8. The van der Waals surface area contributed by atoms with Gasteiger partial charge in [0.25, 0.3) is 0 Å². The molecule has 20 heavy (non-hydrogen) atoms. The molecule has 2 heterocycles. The Morgan fingerprint density at radius 2 is 1.95 bits per heavy atom. The molecule has 0 aromatic rings. The van der Waals surface area contributed by atoms with E-state index in [0.29, 0.717) is 11.8 Å². The van der Waals surface area contributed by atoms with Crippen LogP contribution in [0.3, 0.4) is 0 Å². The first-order valence-corrected chi connectivity index (χ1v) is 8.19. The summed E-state index contributed by atoms with van der Waals surface area (Å²) < 4.78 is 6.00. The molecular weight excluding hydrogens is 252 g/mol.